The Morgan fingerprint density at radius 3 is 2.71 bits per heavy atom. The molecule has 0 fully saturated rings. The van der Waals surface area contributed by atoms with Crippen LogP contribution in [0.2, 0.25) is 0 Å². The van der Waals surface area contributed by atoms with E-state index < -0.39 is 6.09 Å². The highest BCUT2D eigenvalue weighted by Crippen LogP contribution is 2.33. The van der Waals surface area contributed by atoms with Gasteiger partial charge in [0.1, 0.15) is 0 Å². The molecule has 2 aromatic heterocycles. The Labute approximate surface area is 247 Å². The van der Waals surface area contributed by atoms with Crippen molar-refractivity contribution in [3.8, 4) is 0 Å². The Hall–Kier alpha value is -4.07. The van der Waals surface area contributed by atoms with Crippen molar-refractivity contribution in [1.82, 2.24) is 15.3 Å². The van der Waals surface area contributed by atoms with Gasteiger partial charge in [0, 0.05) is 66.1 Å². The number of aromatic nitrogens is 2. The molecule has 0 saturated carbocycles. The van der Waals surface area contributed by atoms with Gasteiger partial charge in [-0.1, -0.05) is 37.5 Å². The molecule has 8 nitrogen and oxygen atoms in total. The molecule has 0 radical (unpaired) electrons. The van der Waals surface area contributed by atoms with E-state index in [4.69, 9.17) is 4.98 Å². The van der Waals surface area contributed by atoms with Crippen LogP contribution in [0.1, 0.15) is 69.5 Å². The van der Waals surface area contributed by atoms with Crippen LogP contribution in [0.5, 0.6) is 0 Å². The third-order valence-electron chi connectivity index (χ3n) is 8.53. The second-order valence-corrected chi connectivity index (χ2v) is 11.5. The largest absolute Gasteiger partial charge is 0.465 e. The number of hydrogen-bond donors (Lipinski definition) is 4. The summed E-state index contributed by atoms with van der Waals surface area (Å²) >= 11 is 0. The van der Waals surface area contributed by atoms with Crippen molar-refractivity contribution in [2.24, 2.45) is 5.92 Å². The van der Waals surface area contributed by atoms with E-state index in [1.165, 1.54) is 47.0 Å². The summed E-state index contributed by atoms with van der Waals surface area (Å²) in [5.74, 6) is 0.302. The summed E-state index contributed by atoms with van der Waals surface area (Å²) in [6.07, 6.45) is 11.4. The molecule has 0 spiro atoms. The van der Waals surface area contributed by atoms with E-state index in [2.05, 4.69) is 39.9 Å². The molecular weight excluding hydrogens is 526 g/mol. The van der Waals surface area contributed by atoms with Gasteiger partial charge in [-0.05, 0) is 86.8 Å². The number of unbranched alkanes of at least 4 members (excludes halogenated alkanes) is 2. The summed E-state index contributed by atoms with van der Waals surface area (Å²) in [4.78, 5) is 33.2. The van der Waals surface area contributed by atoms with Crippen molar-refractivity contribution in [2.45, 2.75) is 71.1 Å². The Kier molecular flexibility index (Phi) is 9.95. The molecule has 1 atom stereocenters. The number of carboxylic acid groups (broad SMARTS) is 1. The molecular formula is C34H43N5O3. The minimum atomic E-state index is -0.942. The summed E-state index contributed by atoms with van der Waals surface area (Å²) in [5.41, 5.74) is 6.68. The molecule has 0 saturated heterocycles. The number of carbonyl (C=O) groups is 2. The molecule has 8 heteroatoms. The van der Waals surface area contributed by atoms with E-state index in [-0.39, 0.29) is 5.91 Å². The lowest BCUT2D eigenvalue weighted by molar-refractivity contribution is -0.119. The van der Waals surface area contributed by atoms with Crippen molar-refractivity contribution in [2.75, 3.05) is 29.9 Å². The van der Waals surface area contributed by atoms with Crippen LogP contribution in [0.25, 0.3) is 21.8 Å². The lowest BCUT2D eigenvalue weighted by atomic mass is 9.92. The molecule has 2 aromatic carbocycles. The summed E-state index contributed by atoms with van der Waals surface area (Å²) < 4.78 is 0. The third kappa shape index (κ3) is 7.41. The Balaban J connectivity index is 1.14. The number of carbonyl (C=O) groups excluding carboxylic acids is 1. The molecule has 42 heavy (non-hydrogen) atoms. The predicted octanol–water partition coefficient (Wildman–Crippen LogP) is 7.28. The number of nitrogens with zero attached hydrogens (tertiary/aromatic N) is 2. The van der Waals surface area contributed by atoms with Crippen molar-refractivity contribution >= 4 is 45.2 Å². The van der Waals surface area contributed by atoms with Gasteiger partial charge >= 0.3 is 6.09 Å². The van der Waals surface area contributed by atoms with E-state index in [1.807, 2.05) is 30.5 Å². The molecule has 2 amide bonds. The van der Waals surface area contributed by atoms with Crippen molar-refractivity contribution in [1.29, 1.82) is 0 Å². The SMILES string of the molecule is CC(=O)NCCC(CCCCCNc1c2c(nc3ccccc13)CCCC2)CCN(C(=O)O)c1ccc2[nH]ccc2c1. The van der Waals surface area contributed by atoms with Gasteiger partial charge in [0.25, 0.3) is 0 Å². The molecule has 4 aromatic rings. The lowest BCUT2D eigenvalue weighted by Crippen LogP contribution is -2.32. The maximum Gasteiger partial charge on any atom is 0.411 e. The van der Waals surface area contributed by atoms with Gasteiger partial charge < -0.3 is 20.7 Å². The first kappa shape index (κ1) is 29.4. The smallest absolute Gasteiger partial charge is 0.411 e. The van der Waals surface area contributed by atoms with Gasteiger partial charge in [-0.15, -0.1) is 0 Å². The molecule has 222 valence electrons. The zero-order valence-electron chi connectivity index (χ0n) is 24.6. The third-order valence-corrected chi connectivity index (χ3v) is 8.53. The summed E-state index contributed by atoms with van der Waals surface area (Å²) in [5, 5.41) is 18.9. The zero-order chi connectivity index (χ0) is 29.3. The number of aryl methyl sites for hydroxylation is 1. The maximum absolute atomic E-state index is 12.2. The van der Waals surface area contributed by atoms with Gasteiger partial charge in [-0.25, -0.2) is 4.79 Å². The summed E-state index contributed by atoms with van der Waals surface area (Å²) in [6.45, 7) is 3.50. The highest BCUT2D eigenvalue weighted by atomic mass is 16.4. The van der Waals surface area contributed by atoms with Crippen LogP contribution in [0.4, 0.5) is 16.2 Å². The monoisotopic (exact) mass is 569 g/mol. The molecule has 0 aliphatic heterocycles. The van der Waals surface area contributed by atoms with Gasteiger partial charge in [0.05, 0.1) is 5.52 Å². The van der Waals surface area contributed by atoms with E-state index in [0.717, 1.165) is 74.3 Å². The van der Waals surface area contributed by atoms with Gasteiger partial charge in [0.2, 0.25) is 5.91 Å². The normalized spacial score (nSPS) is 13.5. The van der Waals surface area contributed by atoms with Crippen LogP contribution in [0, 0.1) is 5.92 Å². The van der Waals surface area contributed by atoms with Crippen LogP contribution in [-0.2, 0) is 17.6 Å². The van der Waals surface area contributed by atoms with Crippen LogP contribution < -0.4 is 15.5 Å². The van der Waals surface area contributed by atoms with Crippen LogP contribution in [0.3, 0.4) is 0 Å². The van der Waals surface area contributed by atoms with E-state index >= 15 is 0 Å². The van der Waals surface area contributed by atoms with Crippen LogP contribution in [-0.4, -0.2) is 46.7 Å². The second-order valence-electron chi connectivity index (χ2n) is 11.5. The fourth-order valence-corrected chi connectivity index (χ4v) is 6.26. The van der Waals surface area contributed by atoms with Gasteiger partial charge in [-0.3, -0.25) is 14.7 Å². The maximum atomic E-state index is 12.2. The Morgan fingerprint density at radius 1 is 1.00 bits per heavy atom. The van der Waals surface area contributed by atoms with Crippen molar-refractivity contribution < 1.29 is 14.7 Å². The minimum Gasteiger partial charge on any atom is -0.465 e. The first-order chi connectivity index (χ1) is 20.5. The number of rotatable bonds is 14. The number of H-pyrrole nitrogens is 1. The first-order valence-electron chi connectivity index (χ1n) is 15.5. The molecule has 4 N–H and O–H groups in total. The number of para-hydroxylation sites is 1. The van der Waals surface area contributed by atoms with Crippen molar-refractivity contribution in [3.05, 3.63) is 66.0 Å². The fourth-order valence-electron chi connectivity index (χ4n) is 6.26. The second kappa shape index (κ2) is 14.2. The topological polar surface area (TPSA) is 110 Å². The fraction of sp³-hybridized carbons (Fsp3) is 0.441. The van der Waals surface area contributed by atoms with E-state index in [1.54, 1.807) is 0 Å². The first-order valence-corrected chi connectivity index (χ1v) is 15.5. The molecule has 2 heterocycles. The van der Waals surface area contributed by atoms with Gasteiger partial charge in [-0.2, -0.15) is 0 Å². The molecule has 1 unspecified atom stereocenters. The Morgan fingerprint density at radius 2 is 1.86 bits per heavy atom. The Bertz CT molecular complexity index is 1510. The number of fused-ring (bicyclic) bond motifs is 3. The molecule has 0 bridgehead atoms. The number of aromatic amines is 1. The number of benzene rings is 2. The quantitative estimate of drug-likeness (QED) is 0.119. The number of nitrogens with one attached hydrogen (secondary N) is 3. The average molecular weight is 570 g/mol. The zero-order valence-corrected chi connectivity index (χ0v) is 24.6. The summed E-state index contributed by atoms with van der Waals surface area (Å²) in [6, 6.07) is 16.1. The van der Waals surface area contributed by atoms with Gasteiger partial charge in [0.15, 0.2) is 0 Å². The van der Waals surface area contributed by atoms with Crippen molar-refractivity contribution in [3.63, 3.8) is 0 Å². The van der Waals surface area contributed by atoms with E-state index in [9.17, 15) is 14.7 Å². The number of hydrogen-bond acceptors (Lipinski definition) is 4. The van der Waals surface area contributed by atoms with Crippen LogP contribution in [0.15, 0.2) is 54.7 Å². The summed E-state index contributed by atoms with van der Waals surface area (Å²) in [7, 11) is 0. The lowest BCUT2D eigenvalue weighted by Gasteiger charge is -2.24. The number of pyridine rings is 1. The van der Waals surface area contributed by atoms with E-state index in [0.29, 0.717) is 24.7 Å². The molecule has 1 aliphatic carbocycles. The molecule has 5 rings (SSSR count). The van der Waals surface area contributed by atoms with Crippen LogP contribution >= 0.6 is 0 Å². The highest BCUT2D eigenvalue weighted by Gasteiger charge is 2.19. The predicted molar refractivity (Wildman–Crippen MR) is 170 cm³/mol. The standard InChI is InChI=1S/C34H43N5O3/c1-24(40)35-20-16-25(18-22-39(34(41)42)27-14-15-30-26(23-27)17-21-36-30)9-3-2-8-19-37-33-28-10-4-6-12-31(28)38-32-13-7-5-11-29(32)33/h4,6,10,12,14-15,17,21,23,25,36H,2-3,5,7-9,11,13,16,18-20,22H2,1H3,(H,35,40)(H,37,38)(H,41,42). The minimum absolute atomic E-state index is 0.0300. The highest BCUT2D eigenvalue weighted by molar-refractivity contribution is 5.93. The average Bonchev–Trinajstić information content (AvgIpc) is 3.46. The number of anilines is 2. The molecule has 1 aliphatic rings. The number of amides is 2.